The summed E-state index contributed by atoms with van der Waals surface area (Å²) < 4.78 is 1.34. The molecule has 0 saturated heterocycles. The molecule has 0 aliphatic heterocycles. The first-order valence-corrected chi connectivity index (χ1v) is 7.59. The maximum Gasteiger partial charge on any atom is 0.0436 e. The maximum atomic E-state index is 4.57. The van der Waals surface area contributed by atoms with Gasteiger partial charge in [0.25, 0.3) is 0 Å². The fourth-order valence-corrected chi connectivity index (χ4v) is 3.49. The summed E-state index contributed by atoms with van der Waals surface area (Å²) in [5.74, 6) is 0. The molecule has 0 amide bonds. The molecule has 1 nitrogen and oxygen atoms in total. The monoisotopic (exact) mass is 277 g/mol. The Morgan fingerprint density at radius 1 is 1.39 bits per heavy atom. The van der Waals surface area contributed by atoms with E-state index in [9.17, 15) is 0 Å². The van der Waals surface area contributed by atoms with Crippen molar-refractivity contribution in [2.45, 2.75) is 38.5 Å². The molecule has 2 aromatic rings. The minimum Gasteiger partial charge on any atom is -0.294 e. The van der Waals surface area contributed by atoms with Gasteiger partial charge in [0.15, 0.2) is 0 Å². The predicted molar refractivity (Wildman–Crippen MR) is 85.8 cm³/mol. The van der Waals surface area contributed by atoms with Gasteiger partial charge < -0.3 is 0 Å². The molecule has 18 heavy (non-hydrogen) atoms. The third-order valence-corrected chi connectivity index (χ3v) is 4.85. The number of hydrogen-bond acceptors (Lipinski definition) is 3. The van der Waals surface area contributed by atoms with E-state index in [2.05, 4.69) is 56.6 Å². The summed E-state index contributed by atoms with van der Waals surface area (Å²) in [6, 6.07) is 6.39. The van der Waals surface area contributed by atoms with Gasteiger partial charge in [-0.15, -0.1) is 24.0 Å². The van der Waals surface area contributed by atoms with Crippen molar-refractivity contribution in [1.29, 1.82) is 0 Å². The van der Waals surface area contributed by atoms with E-state index in [0.29, 0.717) is 0 Å². The number of hydrogen-bond donors (Lipinski definition) is 1. The van der Waals surface area contributed by atoms with E-state index >= 15 is 0 Å². The molecule has 0 bridgehead atoms. The average molecular weight is 277 g/mol. The van der Waals surface area contributed by atoms with E-state index in [-0.39, 0.29) is 0 Å². The van der Waals surface area contributed by atoms with Gasteiger partial charge in [-0.3, -0.25) is 4.99 Å². The van der Waals surface area contributed by atoms with Crippen LogP contribution >= 0.6 is 24.0 Å². The second-order valence-electron chi connectivity index (χ2n) is 4.55. The molecule has 2 rings (SSSR count). The molecule has 1 aromatic heterocycles. The van der Waals surface area contributed by atoms with Crippen LogP contribution in [0.4, 0.5) is 0 Å². The fraction of sp³-hybridized carbons (Fsp3) is 0.400. The number of aliphatic imine (C=N–C) groups is 1. The Bertz CT molecular complexity index is 581. The highest BCUT2D eigenvalue weighted by atomic mass is 32.1. The number of fused-ring (bicyclic) bond motifs is 1. The van der Waals surface area contributed by atoms with E-state index in [1.165, 1.54) is 26.2 Å². The molecule has 1 aromatic carbocycles. The van der Waals surface area contributed by atoms with Gasteiger partial charge in [0, 0.05) is 33.1 Å². The van der Waals surface area contributed by atoms with E-state index in [1.807, 2.05) is 11.3 Å². The summed E-state index contributed by atoms with van der Waals surface area (Å²) in [4.78, 5) is 7.07. The van der Waals surface area contributed by atoms with Crippen molar-refractivity contribution < 1.29 is 0 Å². The standard InChI is InChI=1S/C15H19NS2/c1-4-10(2)16-8-7-14-11(3)13-6-5-12(17)9-15(13)18-14/h5-6,9,17H,4,7-8H2,1-3H3/b16-10-. The van der Waals surface area contributed by atoms with Crippen molar-refractivity contribution in [3.8, 4) is 0 Å². The molecule has 0 aliphatic rings. The van der Waals surface area contributed by atoms with Crippen LogP contribution in [-0.4, -0.2) is 12.3 Å². The quantitative estimate of drug-likeness (QED) is 0.602. The zero-order chi connectivity index (χ0) is 13.1. The van der Waals surface area contributed by atoms with Gasteiger partial charge in [-0.1, -0.05) is 13.0 Å². The van der Waals surface area contributed by atoms with Crippen molar-refractivity contribution in [1.82, 2.24) is 0 Å². The van der Waals surface area contributed by atoms with Crippen molar-refractivity contribution >= 4 is 39.8 Å². The molecule has 0 aliphatic carbocycles. The number of rotatable bonds is 4. The van der Waals surface area contributed by atoms with Crippen LogP contribution in [0.2, 0.25) is 0 Å². The average Bonchev–Trinajstić information content (AvgIpc) is 2.65. The van der Waals surface area contributed by atoms with Gasteiger partial charge in [0.1, 0.15) is 0 Å². The second-order valence-corrected chi connectivity index (χ2v) is 6.20. The second kappa shape index (κ2) is 5.89. The number of nitrogens with zero attached hydrogens (tertiary/aromatic N) is 1. The van der Waals surface area contributed by atoms with Crippen molar-refractivity contribution in [2.24, 2.45) is 4.99 Å². The van der Waals surface area contributed by atoms with Crippen molar-refractivity contribution in [2.75, 3.05) is 6.54 Å². The molecule has 0 spiro atoms. The lowest BCUT2D eigenvalue weighted by atomic mass is 10.1. The molecule has 3 heteroatoms. The first kappa shape index (κ1) is 13.6. The van der Waals surface area contributed by atoms with Crippen LogP contribution in [0.1, 0.15) is 30.7 Å². The third-order valence-electron chi connectivity index (χ3n) is 3.25. The highest BCUT2D eigenvalue weighted by Crippen LogP contribution is 2.32. The van der Waals surface area contributed by atoms with E-state index in [0.717, 1.165) is 24.3 Å². The van der Waals surface area contributed by atoms with Gasteiger partial charge >= 0.3 is 0 Å². The molecule has 0 N–H and O–H groups in total. The summed E-state index contributed by atoms with van der Waals surface area (Å²) in [7, 11) is 0. The molecule has 0 atom stereocenters. The Morgan fingerprint density at radius 2 is 2.17 bits per heavy atom. The Kier molecular flexibility index (Phi) is 4.46. The van der Waals surface area contributed by atoms with Gasteiger partial charge in [-0.05, 0) is 43.4 Å². The third kappa shape index (κ3) is 2.96. The van der Waals surface area contributed by atoms with E-state index < -0.39 is 0 Å². The first-order valence-electron chi connectivity index (χ1n) is 6.32. The van der Waals surface area contributed by atoms with Gasteiger partial charge in [-0.2, -0.15) is 0 Å². The van der Waals surface area contributed by atoms with E-state index in [4.69, 9.17) is 0 Å². The Hall–Kier alpha value is -0.800. The Balaban J connectivity index is 2.21. The molecule has 0 unspecified atom stereocenters. The largest absolute Gasteiger partial charge is 0.294 e. The Morgan fingerprint density at radius 3 is 2.89 bits per heavy atom. The van der Waals surface area contributed by atoms with Crippen LogP contribution in [0.25, 0.3) is 10.1 Å². The van der Waals surface area contributed by atoms with Gasteiger partial charge in [-0.25, -0.2) is 0 Å². The lowest BCUT2D eigenvalue weighted by Gasteiger charge is -1.98. The maximum absolute atomic E-state index is 4.57. The van der Waals surface area contributed by atoms with Crippen LogP contribution < -0.4 is 0 Å². The van der Waals surface area contributed by atoms with Crippen molar-refractivity contribution in [3.05, 3.63) is 28.6 Å². The highest BCUT2D eigenvalue weighted by molar-refractivity contribution is 7.80. The first-order chi connectivity index (χ1) is 8.61. The molecule has 96 valence electrons. The summed E-state index contributed by atoms with van der Waals surface area (Å²) in [6.45, 7) is 7.37. The predicted octanol–water partition coefficient (Wildman–Crippen LogP) is 4.91. The van der Waals surface area contributed by atoms with Crippen LogP contribution in [0.3, 0.4) is 0 Å². The molecule has 1 heterocycles. The van der Waals surface area contributed by atoms with Gasteiger partial charge in [0.2, 0.25) is 0 Å². The summed E-state index contributed by atoms with van der Waals surface area (Å²) in [6.07, 6.45) is 2.10. The lowest BCUT2D eigenvalue weighted by Crippen LogP contribution is -1.94. The molecule has 0 saturated carbocycles. The number of thiol groups is 1. The SMILES string of the molecule is CC/C(C)=N\CCc1sc2cc(S)ccc2c1C. The zero-order valence-corrected chi connectivity index (χ0v) is 12.9. The summed E-state index contributed by atoms with van der Waals surface area (Å²) in [5.41, 5.74) is 2.65. The van der Waals surface area contributed by atoms with Gasteiger partial charge in [0.05, 0.1) is 0 Å². The number of aryl methyl sites for hydroxylation is 1. The molecule has 0 fully saturated rings. The molecule has 0 radical (unpaired) electrons. The van der Waals surface area contributed by atoms with Crippen molar-refractivity contribution in [3.63, 3.8) is 0 Å². The summed E-state index contributed by atoms with van der Waals surface area (Å²) in [5, 5.41) is 1.36. The number of thiophene rings is 1. The molecular weight excluding hydrogens is 258 g/mol. The molecular formula is C15H19NS2. The smallest absolute Gasteiger partial charge is 0.0436 e. The zero-order valence-electron chi connectivity index (χ0n) is 11.2. The minimum atomic E-state index is 0.904. The van der Waals surface area contributed by atoms with Crippen LogP contribution in [0.5, 0.6) is 0 Å². The number of benzene rings is 1. The Labute approximate surface area is 118 Å². The normalized spacial score (nSPS) is 12.3. The summed E-state index contributed by atoms with van der Waals surface area (Å²) >= 11 is 6.28. The van der Waals surface area contributed by atoms with E-state index in [1.54, 1.807) is 0 Å². The van der Waals surface area contributed by atoms with Crippen LogP contribution in [-0.2, 0) is 6.42 Å². The fourth-order valence-electron chi connectivity index (χ4n) is 1.96. The lowest BCUT2D eigenvalue weighted by molar-refractivity contribution is 0.970. The van der Waals surface area contributed by atoms with Crippen LogP contribution in [0.15, 0.2) is 28.1 Å². The minimum absolute atomic E-state index is 0.904. The highest BCUT2D eigenvalue weighted by Gasteiger charge is 2.07. The topological polar surface area (TPSA) is 12.4 Å². The van der Waals surface area contributed by atoms with Crippen LogP contribution in [0, 0.1) is 6.92 Å².